The number of anilines is 1. The highest BCUT2D eigenvalue weighted by molar-refractivity contribution is 7.98. The lowest BCUT2D eigenvalue weighted by atomic mass is 10.1. The zero-order valence-corrected chi connectivity index (χ0v) is 10.9. The number of halogens is 2. The van der Waals surface area contributed by atoms with Crippen molar-refractivity contribution in [3.8, 4) is 0 Å². The number of hydrogen-bond acceptors (Lipinski definition) is 3. The molecule has 0 saturated carbocycles. The van der Waals surface area contributed by atoms with Crippen LogP contribution in [0.1, 0.15) is 6.42 Å². The van der Waals surface area contributed by atoms with E-state index >= 15 is 0 Å². The van der Waals surface area contributed by atoms with Gasteiger partial charge in [-0.1, -0.05) is 0 Å². The molecule has 0 aliphatic carbocycles. The van der Waals surface area contributed by atoms with E-state index in [2.05, 4.69) is 10.3 Å². The maximum atomic E-state index is 13.5. The van der Waals surface area contributed by atoms with Crippen molar-refractivity contribution < 1.29 is 8.78 Å². The zero-order valence-electron chi connectivity index (χ0n) is 10.0. The van der Waals surface area contributed by atoms with Crippen LogP contribution in [0.5, 0.6) is 0 Å². The number of fused-ring (bicyclic) bond motifs is 1. The Morgan fingerprint density at radius 1 is 1.33 bits per heavy atom. The van der Waals surface area contributed by atoms with Crippen molar-refractivity contribution in [2.45, 2.75) is 6.42 Å². The molecule has 1 aromatic carbocycles. The average molecular weight is 268 g/mol. The number of thioether (sulfide) groups is 1. The van der Waals surface area contributed by atoms with Crippen molar-refractivity contribution in [3.05, 3.63) is 36.0 Å². The van der Waals surface area contributed by atoms with E-state index in [0.717, 1.165) is 30.5 Å². The highest BCUT2D eigenvalue weighted by Crippen LogP contribution is 2.24. The van der Waals surface area contributed by atoms with Gasteiger partial charge >= 0.3 is 0 Å². The fourth-order valence-electron chi connectivity index (χ4n) is 1.77. The largest absolute Gasteiger partial charge is 0.384 e. The molecule has 0 atom stereocenters. The van der Waals surface area contributed by atoms with Crippen LogP contribution < -0.4 is 5.32 Å². The Bertz CT molecular complexity index is 546. The number of nitrogens with zero attached hydrogens (tertiary/aromatic N) is 1. The second-order valence-corrected chi connectivity index (χ2v) is 4.90. The fraction of sp³-hybridized carbons (Fsp3) is 0.308. The molecule has 2 aromatic rings. The SMILES string of the molecule is CSCCCNc1ccnc2c(F)cc(F)cc12. The lowest BCUT2D eigenvalue weighted by Gasteiger charge is -2.09. The number of rotatable bonds is 5. The summed E-state index contributed by atoms with van der Waals surface area (Å²) in [4.78, 5) is 3.94. The van der Waals surface area contributed by atoms with Gasteiger partial charge in [0.05, 0.1) is 0 Å². The molecule has 0 radical (unpaired) electrons. The molecular weight excluding hydrogens is 254 g/mol. The van der Waals surface area contributed by atoms with E-state index in [0.29, 0.717) is 5.39 Å². The maximum absolute atomic E-state index is 13.5. The summed E-state index contributed by atoms with van der Waals surface area (Å²) < 4.78 is 26.8. The number of hydrogen-bond donors (Lipinski definition) is 1. The Balaban J connectivity index is 2.27. The van der Waals surface area contributed by atoms with Crippen LogP contribution in [0.3, 0.4) is 0 Å². The summed E-state index contributed by atoms with van der Waals surface area (Å²) in [5.41, 5.74) is 0.922. The molecule has 2 rings (SSSR count). The summed E-state index contributed by atoms with van der Waals surface area (Å²) in [5, 5.41) is 3.68. The van der Waals surface area contributed by atoms with E-state index < -0.39 is 11.6 Å². The minimum Gasteiger partial charge on any atom is -0.384 e. The Labute approximate surface area is 109 Å². The van der Waals surface area contributed by atoms with Gasteiger partial charge in [-0.15, -0.1) is 0 Å². The van der Waals surface area contributed by atoms with Crippen LogP contribution in [0, 0.1) is 11.6 Å². The molecule has 1 aromatic heterocycles. The van der Waals surface area contributed by atoms with Crippen molar-refractivity contribution >= 4 is 28.4 Å². The quantitative estimate of drug-likeness (QED) is 0.837. The molecule has 0 aliphatic heterocycles. The summed E-state index contributed by atoms with van der Waals surface area (Å²) in [6.07, 6.45) is 4.58. The number of benzene rings is 1. The van der Waals surface area contributed by atoms with Gasteiger partial charge in [0.1, 0.15) is 11.3 Å². The molecule has 1 N–H and O–H groups in total. The minimum absolute atomic E-state index is 0.200. The Kier molecular flexibility index (Phi) is 4.36. The Morgan fingerprint density at radius 2 is 2.17 bits per heavy atom. The standard InChI is InChI=1S/C13H14F2N2S/c1-18-6-2-4-16-12-3-5-17-13-10(12)7-9(14)8-11(13)15/h3,5,7-8H,2,4,6H2,1H3,(H,16,17). The Hall–Kier alpha value is -1.36. The lowest BCUT2D eigenvalue weighted by molar-refractivity contribution is 0.590. The van der Waals surface area contributed by atoms with Gasteiger partial charge in [-0.25, -0.2) is 8.78 Å². The first-order valence-corrected chi connectivity index (χ1v) is 7.08. The van der Waals surface area contributed by atoms with Crippen LogP contribution in [0.4, 0.5) is 14.5 Å². The van der Waals surface area contributed by atoms with Gasteiger partial charge in [0.25, 0.3) is 0 Å². The van der Waals surface area contributed by atoms with Crippen LogP contribution in [0.15, 0.2) is 24.4 Å². The first-order valence-electron chi connectivity index (χ1n) is 5.69. The lowest BCUT2D eigenvalue weighted by Crippen LogP contribution is -2.03. The van der Waals surface area contributed by atoms with E-state index in [9.17, 15) is 8.78 Å². The maximum Gasteiger partial charge on any atom is 0.152 e. The van der Waals surface area contributed by atoms with Gasteiger partial charge in [0.15, 0.2) is 5.82 Å². The third-order valence-electron chi connectivity index (χ3n) is 2.60. The number of nitrogens with one attached hydrogen (secondary N) is 1. The summed E-state index contributed by atoms with van der Waals surface area (Å²) >= 11 is 1.77. The van der Waals surface area contributed by atoms with Gasteiger partial charge in [0, 0.05) is 29.9 Å². The molecule has 0 unspecified atom stereocenters. The third-order valence-corrected chi connectivity index (χ3v) is 3.30. The summed E-state index contributed by atoms with van der Waals surface area (Å²) in [6, 6.07) is 3.90. The highest BCUT2D eigenvalue weighted by Gasteiger charge is 2.08. The van der Waals surface area contributed by atoms with Crippen LogP contribution >= 0.6 is 11.8 Å². The van der Waals surface area contributed by atoms with Crippen LogP contribution in [-0.2, 0) is 0 Å². The normalized spacial score (nSPS) is 10.8. The molecule has 0 aliphatic rings. The van der Waals surface area contributed by atoms with E-state index in [1.165, 1.54) is 12.3 Å². The van der Waals surface area contributed by atoms with Crippen molar-refractivity contribution in [2.24, 2.45) is 0 Å². The average Bonchev–Trinajstić information content (AvgIpc) is 2.35. The predicted octanol–water partition coefficient (Wildman–Crippen LogP) is 3.68. The number of aromatic nitrogens is 1. The molecule has 96 valence electrons. The molecule has 0 spiro atoms. The first-order chi connectivity index (χ1) is 8.72. The zero-order chi connectivity index (χ0) is 13.0. The molecule has 0 fully saturated rings. The topological polar surface area (TPSA) is 24.9 Å². The van der Waals surface area contributed by atoms with Gasteiger partial charge < -0.3 is 5.32 Å². The van der Waals surface area contributed by atoms with Gasteiger partial charge in [0.2, 0.25) is 0 Å². The summed E-state index contributed by atoms with van der Waals surface area (Å²) in [5.74, 6) is -0.156. The predicted molar refractivity (Wildman–Crippen MR) is 73.1 cm³/mol. The molecule has 0 bridgehead atoms. The van der Waals surface area contributed by atoms with E-state index in [-0.39, 0.29) is 5.52 Å². The second kappa shape index (κ2) is 6.00. The number of pyridine rings is 1. The third kappa shape index (κ3) is 2.90. The fourth-order valence-corrected chi connectivity index (χ4v) is 2.21. The van der Waals surface area contributed by atoms with Gasteiger partial charge in [-0.05, 0) is 30.6 Å². The second-order valence-electron chi connectivity index (χ2n) is 3.92. The molecule has 18 heavy (non-hydrogen) atoms. The van der Waals surface area contributed by atoms with Crippen molar-refractivity contribution in [3.63, 3.8) is 0 Å². The van der Waals surface area contributed by atoms with Gasteiger partial charge in [-0.3, -0.25) is 4.98 Å². The summed E-state index contributed by atoms with van der Waals surface area (Å²) in [7, 11) is 0. The van der Waals surface area contributed by atoms with Gasteiger partial charge in [-0.2, -0.15) is 11.8 Å². The van der Waals surface area contributed by atoms with Crippen molar-refractivity contribution in [1.82, 2.24) is 4.98 Å². The summed E-state index contributed by atoms with van der Waals surface area (Å²) in [6.45, 7) is 0.776. The van der Waals surface area contributed by atoms with E-state index in [1.54, 1.807) is 17.8 Å². The monoisotopic (exact) mass is 268 g/mol. The molecule has 0 amide bonds. The van der Waals surface area contributed by atoms with Crippen molar-refractivity contribution in [2.75, 3.05) is 23.9 Å². The van der Waals surface area contributed by atoms with Crippen LogP contribution in [-0.4, -0.2) is 23.5 Å². The van der Waals surface area contributed by atoms with E-state index in [4.69, 9.17) is 0 Å². The molecular formula is C13H14F2N2S. The first kappa shape index (κ1) is 13.1. The van der Waals surface area contributed by atoms with Crippen molar-refractivity contribution in [1.29, 1.82) is 0 Å². The van der Waals surface area contributed by atoms with Crippen LogP contribution in [0.25, 0.3) is 10.9 Å². The van der Waals surface area contributed by atoms with E-state index in [1.807, 2.05) is 6.26 Å². The Morgan fingerprint density at radius 3 is 2.94 bits per heavy atom. The smallest absolute Gasteiger partial charge is 0.152 e. The molecule has 5 heteroatoms. The molecule has 0 saturated heterocycles. The molecule has 2 nitrogen and oxygen atoms in total. The minimum atomic E-state index is -0.627. The van der Waals surface area contributed by atoms with Crippen LogP contribution in [0.2, 0.25) is 0 Å². The molecule has 1 heterocycles. The highest BCUT2D eigenvalue weighted by atomic mass is 32.2.